The lowest BCUT2D eigenvalue weighted by Crippen LogP contribution is -2.43. The highest BCUT2D eigenvalue weighted by atomic mass is 79.9. The second kappa shape index (κ2) is 11.5. The van der Waals surface area contributed by atoms with Crippen LogP contribution in [-0.4, -0.2) is 39.8 Å². The van der Waals surface area contributed by atoms with Crippen LogP contribution in [0.2, 0.25) is 0 Å². The third-order valence-electron chi connectivity index (χ3n) is 4.74. The fourth-order valence-electron chi connectivity index (χ4n) is 2.77. The Hall–Kier alpha value is -2.94. The Labute approximate surface area is 190 Å². The van der Waals surface area contributed by atoms with Gasteiger partial charge in [-0.1, -0.05) is 19.9 Å². The van der Waals surface area contributed by atoms with Gasteiger partial charge in [0.1, 0.15) is 5.75 Å². The Morgan fingerprint density at radius 2 is 1.61 bits per heavy atom. The van der Waals surface area contributed by atoms with Crippen molar-refractivity contribution in [3.63, 3.8) is 0 Å². The van der Waals surface area contributed by atoms with E-state index in [-0.39, 0.29) is 12.2 Å². The molecule has 1 atom stereocenters. The van der Waals surface area contributed by atoms with Gasteiger partial charge in [-0.15, -0.1) is 0 Å². The monoisotopic (exact) mass is 494 g/mol. The van der Waals surface area contributed by atoms with Gasteiger partial charge in [-0.05, 0) is 58.1 Å². The zero-order valence-electron chi connectivity index (χ0n) is 18.2. The smallest absolute Gasteiger partial charge is 0.276 e. The first-order chi connectivity index (χ1) is 14.8. The summed E-state index contributed by atoms with van der Waals surface area (Å²) in [6.45, 7) is 4.00. The second-order valence-electron chi connectivity index (χ2n) is 6.70. The van der Waals surface area contributed by atoms with Crippen molar-refractivity contribution in [2.45, 2.75) is 26.2 Å². The van der Waals surface area contributed by atoms with Crippen molar-refractivity contribution in [1.29, 1.82) is 0 Å². The molecule has 0 aliphatic heterocycles. The molecule has 0 aliphatic carbocycles. The zero-order valence-corrected chi connectivity index (χ0v) is 19.8. The van der Waals surface area contributed by atoms with E-state index in [1.165, 1.54) is 39.0 Å². The van der Waals surface area contributed by atoms with Crippen LogP contribution in [0, 0.1) is 0 Å². The van der Waals surface area contributed by atoms with Crippen LogP contribution in [0.15, 0.2) is 34.8 Å². The summed E-state index contributed by atoms with van der Waals surface area (Å²) in [4.78, 5) is 24.5. The molecule has 31 heavy (non-hydrogen) atoms. The number of rotatable bonds is 9. The number of methoxy groups -OCH3 is 3. The number of carbonyl (C=O) groups is 2. The maximum Gasteiger partial charge on any atom is 0.276 e. The molecule has 2 amide bonds. The van der Waals surface area contributed by atoms with Crippen molar-refractivity contribution >= 4 is 27.7 Å². The van der Waals surface area contributed by atoms with Crippen LogP contribution >= 0.6 is 15.9 Å². The summed E-state index contributed by atoms with van der Waals surface area (Å²) in [7, 11) is 4.37. The van der Waals surface area contributed by atoms with Crippen LogP contribution in [0.1, 0.15) is 42.1 Å². The minimum atomic E-state index is -0.549. The molecule has 1 unspecified atom stereocenters. The van der Waals surface area contributed by atoms with E-state index in [4.69, 9.17) is 18.9 Å². The Bertz CT molecular complexity index is 909. The van der Waals surface area contributed by atoms with Crippen LogP contribution in [0.5, 0.6) is 23.0 Å². The molecule has 9 heteroatoms. The Morgan fingerprint density at radius 1 is 0.968 bits per heavy atom. The van der Waals surface area contributed by atoms with Crippen molar-refractivity contribution in [2.75, 3.05) is 27.9 Å². The topological polar surface area (TPSA) is 95.1 Å². The number of hydrogen-bond donors (Lipinski definition) is 2. The average molecular weight is 495 g/mol. The molecule has 0 spiro atoms. The van der Waals surface area contributed by atoms with Gasteiger partial charge in [0, 0.05) is 5.56 Å². The molecular formula is C22H27BrN2O6. The van der Waals surface area contributed by atoms with Crippen LogP contribution in [-0.2, 0) is 4.79 Å². The summed E-state index contributed by atoms with van der Waals surface area (Å²) in [6.07, 6.45) is 1.03. The number of halogens is 1. The third kappa shape index (κ3) is 6.27. The maximum absolute atomic E-state index is 12.4. The lowest BCUT2D eigenvalue weighted by molar-refractivity contribution is -0.123. The maximum atomic E-state index is 12.4. The van der Waals surface area contributed by atoms with Gasteiger partial charge in [0.15, 0.2) is 18.1 Å². The van der Waals surface area contributed by atoms with E-state index < -0.39 is 11.8 Å². The molecule has 8 nitrogen and oxygen atoms in total. The molecule has 0 heterocycles. The molecule has 0 radical (unpaired) electrons. The zero-order chi connectivity index (χ0) is 23.0. The van der Waals surface area contributed by atoms with Gasteiger partial charge in [0.25, 0.3) is 11.8 Å². The Balaban J connectivity index is 1.95. The fourth-order valence-corrected chi connectivity index (χ4v) is 3.28. The second-order valence-corrected chi connectivity index (χ2v) is 7.56. The summed E-state index contributed by atoms with van der Waals surface area (Å²) < 4.78 is 22.0. The highest BCUT2D eigenvalue weighted by molar-refractivity contribution is 9.10. The first-order valence-corrected chi connectivity index (χ1v) is 10.4. The van der Waals surface area contributed by atoms with E-state index in [2.05, 4.69) is 40.6 Å². The standard InChI is InChI=1S/C22H27BrN2O6/c1-6-13(2)14-7-8-17(16(23)9-14)31-12-20(26)24-25-22(27)15-10-18(28-3)21(30-5)19(11-15)29-4/h7-11,13H,6,12H2,1-5H3,(H,24,26)(H,25,27). The summed E-state index contributed by atoms with van der Waals surface area (Å²) >= 11 is 3.47. The van der Waals surface area contributed by atoms with E-state index in [0.717, 1.165) is 10.9 Å². The molecule has 2 aromatic rings. The van der Waals surface area contributed by atoms with Gasteiger partial charge >= 0.3 is 0 Å². The number of hydrazine groups is 1. The summed E-state index contributed by atoms with van der Waals surface area (Å²) in [5, 5.41) is 0. The molecule has 0 fully saturated rings. The molecule has 2 N–H and O–H groups in total. The fraction of sp³-hybridized carbons (Fsp3) is 0.364. The number of hydrogen-bond acceptors (Lipinski definition) is 6. The minimum absolute atomic E-state index is 0.221. The van der Waals surface area contributed by atoms with Crippen molar-refractivity contribution in [3.05, 3.63) is 45.9 Å². The molecule has 0 aliphatic rings. The predicted molar refractivity (Wildman–Crippen MR) is 120 cm³/mol. The summed E-state index contributed by atoms with van der Waals surface area (Å²) in [5.41, 5.74) is 6.07. The normalized spacial score (nSPS) is 11.3. The lowest BCUT2D eigenvalue weighted by Gasteiger charge is -2.15. The van der Waals surface area contributed by atoms with E-state index in [0.29, 0.717) is 28.9 Å². The summed E-state index contributed by atoms with van der Waals surface area (Å²) in [5.74, 6) is 0.922. The number of carbonyl (C=O) groups excluding carboxylic acids is 2. The van der Waals surface area contributed by atoms with Crippen LogP contribution in [0.3, 0.4) is 0 Å². The van der Waals surface area contributed by atoms with E-state index in [9.17, 15) is 9.59 Å². The van der Waals surface area contributed by atoms with Gasteiger partial charge in [-0.3, -0.25) is 20.4 Å². The van der Waals surface area contributed by atoms with Crippen molar-refractivity contribution < 1.29 is 28.5 Å². The minimum Gasteiger partial charge on any atom is -0.493 e. The van der Waals surface area contributed by atoms with Crippen LogP contribution in [0.25, 0.3) is 0 Å². The van der Waals surface area contributed by atoms with E-state index in [1.54, 1.807) is 0 Å². The molecule has 168 valence electrons. The van der Waals surface area contributed by atoms with Gasteiger partial charge in [-0.2, -0.15) is 0 Å². The molecule has 2 rings (SSSR count). The Kier molecular flexibility index (Phi) is 8.99. The largest absolute Gasteiger partial charge is 0.493 e. The van der Waals surface area contributed by atoms with Crippen molar-refractivity contribution in [2.24, 2.45) is 0 Å². The van der Waals surface area contributed by atoms with E-state index in [1.807, 2.05) is 18.2 Å². The number of amides is 2. The quantitative estimate of drug-likeness (QED) is 0.514. The summed E-state index contributed by atoms with van der Waals surface area (Å²) in [6, 6.07) is 8.73. The number of benzene rings is 2. The highest BCUT2D eigenvalue weighted by Gasteiger charge is 2.17. The Morgan fingerprint density at radius 3 is 2.13 bits per heavy atom. The molecule has 0 bridgehead atoms. The molecule has 0 saturated heterocycles. The van der Waals surface area contributed by atoms with Gasteiger partial charge < -0.3 is 18.9 Å². The van der Waals surface area contributed by atoms with Crippen LogP contribution < -0.4 is 29.8 Å². The first kappa shape index (κ1) is 24.3. The van der Waals surface area contributed by atoms with Gasteiger partial charge in [0.05, 0.1) is 25.8 Å². The van der Waals surface area contributed by atoms with Crippen molar-refractivity contribution in [3.8, 4) is 23.0 Å². The lowest BCUT2D eigenvalue weighted by atomic mass is 9.99. The van der Waals surface area contributed by atoms with Crippen molar-refractivity contribution in [1.82, 2.24) is 10.9 Å². The van der Waals surface area contributed by atoms with Crippen LogP contribution in [0.4, 0.5) is 0 Å². The molecule has 0 aromatic heterocycles. The number of ether oxygens (including phenoxy) is 4. The van der Waals surface area contributed by atoms with Gasteiger partial charge in [-0.25, -0.2) is 0 Å². The predicted octanol–water partition coefficient (Wildman–Crippen LogP) is 3.83. The molecule has 0 saturated carbocycles. The third-order valence-corrected chi connectivity index (χ3v) is 5.36. The average Bonchev–Trinajstić information content (AvgIpc) is 2.79. The molecular weight excluding hydrogens is 468 g/mol. The SMILES string of the molecule is CCC(C)c1ccc(OCC(=O)NNC(=O)c2cc(OC)c(OC)c(OC)c2)c(Br)c1. The van der Waals surface area contributed by atoms with E-state index >= 15 is 0 Å². The molecule has 2 aromatic carbocycles. The first-order valence-electron chi connectivity index (χ1n) is 9.65. The number of nitrogens with one attached hydrogen (secondary N) is 2. The highest BCUT2D eigenvalue weighted by Crippen LogP contribution is 2.38. The van der Waals surface area contributed by atoms with Gasteiger partial charge in [0.2, 0.25) is 5.75 Å².